The first-order valence-electron chi connectivity index (χ1n) is 7.64. The van der Waals surface area contributed by atoms with Crippen molar-refractivity contribution in [2.75, 3.05) is 13.1 Å². The molecule has 0 radical (unpaired) electrons. The van der Waals surface area contributed by atoms with Crippen LogP contribution in [-0.2, 0) is 10.0 Å². The van der Waals surface area contributed by atoms with Gasteiger partial charge in [-0.3, -0.25) is 10.1 Å². The van der Waals surface area contributed by atoms with Gasteiger partial charge in [0.05, 0.1) is 16.4 Å². The van der Waals surface area contributed by atoms with E-state index in [0.717, 1.165) is 0 Å². The summed E-state index contributed by atoms with van der Waals surface area (Å²) in [7, 11) is -3.81. The van der Waals surface area contributed by atoms with E-state index in [1.54, 1.807) is 13.0 Å². The Morgan fingerprint density at radius 1 is 1.24 bits per heavy atom. The van der Waals surface area contributed by atoms with E-state index in [4.69, 9.17) is 0 Å². The second-order valence-corrected chi connectivity index (χ2v) is 8.29. The predicted octanol–water partition coefficient (Wildman–Crippen LogP) is 3.37. The second kappa shape index (κ2) is 8.63. The molecule has 134 valence electrons. The fourth-order valence-electron chi connectivity index (χ4n) is 1.77. The van der Waals surface area contributed by atoms with E-state index >= 15 is 0 Å². The van der Waals surface area contributed by atoms with Gasteiger partial charge >= 0.3 is 0 Å². The molecule has 0 spiro atoms. The van der Waals surface area contributed by atoms with E-state index in [-0.39, 0.29) is 29.1 Å². The van der Waals surface area contributed by atoms with Crippen molar-refractivity contribution >= 4 is 15.7 Å². The van der Waals surface area contributed by atoms with Crippen molar-refractivity contribution < 1.29 is 13.3 Å². The van der Waals surface area contributed by atoms with Gasteiger partial charge in [-0.2, -0.15) is 4.31 Å². The first-order valence-corrected chi connectivity index (χ1v) is 9.08. The van der Waals surface area contributed by atoms with Crippen LogP contribution in [0.5, 0.6) is 0 Å². The maximum absolute atomic E-state index is 12.7. The van der Waals surface area contributed by atoms with Gasteiger partial charge in [0.15, 0.2) is 0 Å². The molecule has 0 aromatic heterocycles. The summed E-state index contributed by atoms with van der Waals surface area (Å²) in [5.41, 5.74) is 2.77. The average molecular weight is 362 g/mol. The number of nitro benzene ring substituents is 1. The highest BCUT2D eigenvalue weighted by atomic mass is 32.2. The van der Waals surface area contributed by atoms with Crippen molar-refractivity contribution in [3.05, 3.63) is 52.3 Å². The van der Waals surface area contributed by atoms with Crippen molar-refractivity contribution in [2.45, 2.75) is 32.6 Å². The number of hydrogen-bond acceptors (Lipinski definition) is 4. The van der Waals surface area contributed by atoms with E-state index in [1.165, 1.54) is 28.6 Å². The molecular formula is C18H22N2O4S. The van der Waals surface area contributed by atoms with Gasteiger partial charge in [0, 0.05) is 18.7 Å². The van der Waals surface area contributed by atoms with Crippen LogP contribution in [0.25, 0.3) is 0 Å². The molecule has 0 unspecified atom stereocenters. The van der Waals surface area contributed by atoms with E-state index < -0.39 is 14.9 Å². The maximum atomic E-state index is 12.7. The summed E-state index contributed by atoms with van der Waals surface area (Å²) in [6.07, 6.45) is 3.49. The number of non-ortho nitro benzene ring substituents is 1. The molecule has 0 fully saturated rings. The maximum Gasteiger partial charge on any atom is 0.269 e. The van der Waals surface area contributed by atoms with Gasteiger partial charge in [-0.25, -0.2) is 8.42 Å². The summed E-state index contributed by atoms with van der Waals surface area (Å²) in [6.45, 7) is 7.82. The molecule has 25 heavy (non-hydrogen) atoms. The third-order valence-electron chi connectivity index (χ3n) is 3.05. The molecule has 0 bridgehead atoms. The molecule has 0 atom stereocenters. The number of sulfonamides is 1. The zero-order chi connectivity index (χ0) is 19.1. The molecule has 0 heterocycles. The summed E-state index contributed by atoms with van der Waals surface area (Å²) in [5.74, 6) is 5.41. The summed E-state index contributed by atoms with van der Waals surface area (Å²) >= 11 is 0. The van der Waals surface area contributed by atoms with E-state index in [2.05, 4.69) is 17.6 Å². The number of nitrogens with zero attached hydrogens (tertiary/aromatic N) is 2. The highest BCUT2D eigenvalue weighted by Crippen LogP contribution is 2.19. The van der Waals surface area contributed by atoms with Crippen LogP contribution in [0.3, 0.4) is 0 Å². The largest absolute Gasteiger partial charge is 0.269 e. The minimum Gasteiger partial charge on any atom is -0.258 e. The van der Waals surface area contributed by atoms with Crippen LogP contribution in [0.4, 0.5) is 5.69 Å². The third kappa shape index (κ3) is 6.55. The predicted molar refractivity (Wildman–Crippen MR) is 97.4 cm³/mol. The Kier molecular flexibility index (Phi) is 7.13. The van der Waals surface area contributed by atoms with E-state index in [0.29, 0.717) is 0 Å². The van der Waals surface area contributed by atoms with Crippen LogP contribution in [-0.4, -0.2) is 30.7 Å². The first kappa shape index (κ1) is 20.7. The van der Waals surface area contributed by atoms with Gasteiger partial charge in [-0.15, -0.1) is 11.7 Å². The molecule has 7 heteroatoms. The van der Waals surface area contributed by atoms with E-state index in [1.807, 2.05) is 26.8 Å². The van der Waals surface area contributed by atoms with Gasteiger partial charge in [0.1, 0.15) is 0 Å². The Balaban J connectivity index is 3.12. The number of hydrogen-bond donors (Lipinski definition) is 0. The summed E-state index contributed by atoms with van der Waals surface area (Å²) in [5, 5.41) is 10.7. The molecule has 0 saturated heterocycles. The SMILES string of the molecule is CC#CCN(CC=C=CC(C)(C)C)S(=O)(=O)c1ccc([N+](=O)[O-])cc1. The van der Waals surface area contributed by atoms with Gasteiger partial charge in [0.2, 0.25) is 10.0 Å². The zero-order valence-electron chi connectivity index (χ0n) is 14.8. The Labute approximate surface area is 149 Å². The van der Waals surface area contributed by atoms with Gasteiger partial charge < -0.3 is 0 Å². The van der Waals surface area contributed by atoms with Crippen molar-refractivity contribution in [1.29, 1.82) is 0 Å². The molecule has 1 aromatic carbocycles. The Bertz CT molecular complexity index is 832. The van der Waals surface area contributed by atoms with E-state index in [9.17, 15) is 18.5 Å². The number of rotatable bonds is 6. The molecule has 0 N–H and O–H groups in total. The standard InChI is InChI=1S/C18H22N2O4S/c1-5-6-14-19(15-8-7-13-18(2,3)4)25(23,24)17-11-9-16(10-12-17)20(21)22/h8-13H,14-15H2,1-4H3. The van der Waals surface area contributed by atoms with Crippen molar-refractivity contribution in [1.82, 2.24) is 4.31 Å². The van der Waals surface area contributed by atoms with Gasteiger partial charge in [-0.1, -0.05) is 26.7 Å². The highest BCUT2D eigenvalue weighted by Gasteiger charge is 2.23. The minimum absolute atomic E-state index is 0.01000. The minimum atomic E-state index is -3.81. The fourth-order valence-corrected chi connectivity index (χ4v) is 3.05. The molecule has 1 rings (SSSR count). The van der Waals surface area contributed by atoms with Gasteiger partial charge in [0.25, 0.3) is 5.69 Å². The first-order chi connectivity index (χ1) is 11.6. The van der Waals surface area contributed by atoms with Crippen molar-refractivity contribution in [3.8, 4) is 11.8 Å². The second-order valence-electron chi connectivity index (χ2n) is 6.36. The summed E-state index contributed by atoms with van der Waals surface area (Å²) in [4.78, 5) is 10.1. The third-order valence-corrected chi connectivity index (χ3v) is 4.87. The van der Waals surface area contributed by atoms with Crippen LogP contribution in [0.2, 0.25) is 0 Å². The normalized spacial score (nSPS) is 11.2. The topological polar surface area (TPSA) is 80.5 Å². The Hall–Kier alpha value is -2.39. The van der Waals surface area contributed by atoms with Crippen molar-refractivity contribution in [2.24, 2.45) is 5.41 Å². The number of benzene rings is 1. The molecule has 1 aromatic rings. The molecular weight excluding hydrogens is 340 g/mol. The van der Waals surface area contributed by atoms with Crippen LogP contribution in [0.15, 0.2) is 47.0 Å². The summed E-state index contributed by atoms with van der Waals surface area (Å²) < 4.78 is 26.7. The lowest BCUT2D eigenvalue weighted by molar-refractivity contribution is -0.384. The molecule has 6 nitrogen and oxygen atoms in total. The molecule has 0 amide bonds. The van der Waals surface area contributed by atoms with Crippen LogP contribution < -0.4 is 0 Å². The highest BCUT2D eigenvalue weighted by molar-refractivity contribution is 7.89. The lowest BCUT2D eigenvalue weighted by Crippen LogP contribution is -2.31. The lowest BCUT2D eigenvalue weighted by atomic mass is 9.97. The Morgan fingerprint density at radius 3 is 2.32 bits per heavy atom. The summed E-state index contributed by atoms with van der Waals surface area (Å²) in [6, 6.07) is 4.81. The lowest BCUT2D eigenvalue weighted by Gasteiger charge is -2.18. The molecule has 0 aliphatic rings. The molecule has 0 aliphatic carbocycles. The zero-order valence-corrected chi connectivity index (χ0v) is 15.6. The smallest absolute Gasteiger partial charge is 0.258 e. The average Bonchev–Trinajstić information content (AvgIpc) is 2.53. The van der Waals surface area contributed by atoms with Crippen LogP contribution in [0, 0.1) is 27.4 Å². The van der Waals surface area contributed by atoms with Crippen molar-refractivity contribution in [3.63, 3.8) is 0 Å². The number of nitro groups is 1. The quantitative estimate of drug-likeness (QED) is 0.336. The molecule has 0 saturated carbocycles. The molecule has 0 aliphatic heterocycles. The van der Waals surface area contributed by atoms with Crippen LogP contribution in [0.1, 0.15) is 27.7 Å². The van der Waals surface area contributed by atoms with Gasteiger partial charge in [-0.05, 0) is 36.6 Å². The monoisotopic (exact) mass is 362 g/mol. The fraction of sp³-hybridized carbons (Fsp3) is 0.389. The Morgan fingerprint density at radius 2 is 1.84 bits per heavy atom. The van der Waals surface area contributed by atoms with Crippen LogP contribution >= 0.6 is 0 Å².